The van der Waals surface area contributed by atoms with E-state index in [1.165, 1.54) is 5.56 Å². The first-order valence-electron chi connectivity index (χ1n) is 12.8. The fraction of sp³-hybridized carbons (Fsp3) is 0.519. The molecule has 9 heteroatoms. The summed E-state index contributed by atoms with van der Waals surface area (Å²) in [6, 6.07) is 7.70. The van der Waals surface area contributed by atoms with Crippen molar-refractivity contribution in [2.75, 3.05) is 31.1 Å². The maximum absolute atomic E-state index is 13.6. The number of alkyl halides is 2. The number of ether oxygens (including phenoxy) is 1. The number of aromatic amines is 1. The second-order valence-electron chi connectivity index (χ2n) is 10.5. The molecule has 5 heterocycles. The van der Waals surface area contributed by atoms with Crippen LogP contribution in [0.3, 0.4) is 0 Å². The number of nitrogens with one attached hydrogen (secondary N) is 1. The third kappa shape index (κ3) is 4.08. The smallest absolute Gasteiger partial charge is 0.251 e. The van der Waals surface area contributed by atoms with Crippen molar-refractivity contribution in [1.82, 2.24) is 19.9 Å². The number of H-pyrrole nitrogens is 1. The van der Waals surface area contributed by atoms with Gasteiger partial charge in [0.25, 0.3) is 6.43 Å². The minimum Gasteiger partial charge on any atom is -0.374 e. The predicted molar refractivity (Wildman–Crippen MR) is 132 cm³/mol. The summed E-state index contributed by atoms with van der Waals surface area (Å²) in [7, 11) is 0. The Kier molecular flexibility index (Phi) is 6.00. The molecule has 7 nitrogen and oxygen atoms in total. The monoisotopic (exact) mass is 495 g/mol. The van der Waals surface area contributed by atoms with Gasteiger partial charge in [-0.15, -0.1) is 0 Å². The molecule has 2 aromatic heterocycles. The van der Waals surface area contributed by atoms with Gasteiger partial charge in [0.05, 0.1) is 24.8 Å². The first kappa shape index (κ1) is 23.5. The summed E-state index contributed by atoms with van der Waals surface area (Å²) in [5, 5.41) is 1.15. The van der Waals surface area contributed by atoms with Crippen LogP contribution in [0.5, 0.6) is 0 Å². The highest BCUT2D eigenvalue weighted by Crippen LogP contribution is 2.41. The van der Waals surface area contributed by atoms with Gasteiger partial charge in [-0.2, -0.15) is 0 Å². The zero-order valence-corrected chi connectivity index (χ0v) is 20.4. The molecule has 2 saturated heterocycles. The van der Waals surface area contributed by atoms with E-state index in [4.69, 9.17) is 4.74 Å². The molecule has 190 valence electrons. The van der Waals surface area contributed by atoms with Crippen molar-refractivity contribution >= 4 is 23.1 Å². The van der Waals surface area contributed by atoms with Gasteiger partial charge in [0.1, 0.15) is 6.29 Å². The zero-order valence-electron chi connectivity index (χ0n) is 20.4. The molecule has 1 N–H and O–H groups in total. The first-order chi connectivity index (χ1) is 17.5. The highest BCUT2D eigenvalue weighted by molar-refractivity contribution is 5.85. The quantitative estimate of drug-likeness (QED) is 0.537. The molecule has 3 aliphatic heterocycles. The fourth-order valence-electron chi connectivity index (χ4n) is 6.38. The number of carbonyl (C=O) groups excluding carboxylic acids is 1. The van der Waals surface area contributed by atoms with Crippen LogP contribution in [-0.2, 0) is 16.0 Å². The number of aromatic nitrogens is 3. The minimum absolute atomic E-state index is 0.00400. The Morgan fingerprint density at radius 2 is 1.97 bits per heavy atom. The molecule has 1 spiro atoms. The number of halogens is 2. The van der Waals surface area contributed by atoms with Gasteiger partial charge in [-0.05, 0) is 44.2 Å². The number of hydrogen-bond acceptors (Lipinski definition) is 6. The van der Waals surface area contributed by atoms with Gasteiger partial charge >= 0.3 is 0 Å². The molecule has 0 amide bonds. The average molecular weight is 496 g/mol. The van der Waals surface area contributed by atoms with Crippen molar-refractivity contribution in [3.8, 4) is 0 Å². The summed E-state index contributed by atoms with van der Waals surface area (Å²) in [5.74, 6) is 0.635. The molecule has 0 bridgehead atoms. The van der Waals surface area contributed by atoms with Crippen molar-refractivity contribution in [3.05, 3.63) is 53.5 Å². The molecule has 0 unspecified atom stereocenters. The molecule has 36 heavy (non-hydrogen) atoms. The van der Waals surface area contributed by atoms with Gasteiger partial charge < -0.3 is 19.4 Å². The number of hydrogen-bond donors (Lipinski definition) is 1. The SMILES string of the molecule is C[C@@H]1Cc2c([nH]c3ccccc23)[C@@H](c2cnc(N3CCC4(CC3)C[C@@H](C=O)CO4)nc2)N1CC(F)F. The number of fused-ring (bicyclic) bond motifs is 3. The summed E-state index contributed by atoms with van der Waals surface area (Å²) in [4.78, 5) is 28.0. The Hall–Kier alpha value is -2.91. The molecule has 0 aliphatic carbocycles. The second kappa shape index (κ2) is 9.19. The molecule has 0 saturated carbocycles. The Morgan fingerprint density at radius 3 is 2.67 bits per heavy atom. The summed E-state index contributed by atoms with van der Waals surface area (Å²) in [5.41, 5.74) is 3.75. The lowest BCUT2D eigenvalue weighted by molar-refractivity contribution is -0.111. The van der Waals surface area contributed by atoms with Gasteiger partial charge in [0.2, 0.25) is 5.95 Å². The average Bonchev–Trinajstić information content (AvgIpc) is 3.46. The number of rotatable bonds is 5. The van der Waals surface area contributed by atoms with Crippen molar-refractivity contribution < 1.29 is 18.3 Å². The fourth-order valence-corrected chi connectivity index (χ4v) is 6.38. The molecule has 3 aliphatic rings. The van der Waals surface area contributed by atoms with Crippen LogP contribution in [0.15, 0.2) is 36.7 Å². The van der Waals surface area contributed by atoms with E-state index in [-0.39, 0.29) is 30.1 Å². The molecule has 6 rings (SSSR count). The normalized spacial score (nSPS) is 26.1. The summed E-state index contributed by atoms with van der Waals surface area (Å²) in [6.45, 7) is 3.74. The lowest BCUT2D eigenvalue weighted by Gasteiger charge is -2.41. The van der Waals surface area contributed by atoms with Crippen LogP contribution in [-0.4, -0.2) is 70.4 Å². The Labute approximate surface area is 208 Å². The molecule has 3 aromatic rings. The van der Waals surface area contributed by atoms with Crippen LogP contribution in [0.4, 0.5) is 14.7 Å². The standard InChI is InChI=1S/C27H31F2N5O2/c1-17-10-21-20-4-2-3-5-22(20)32-24(21)25(34(17)14-23(28)29)19-12-30-26(31-13-19)33-8-6-27(7-9-33)11-18(15-35)16-36-27/h2-5,12-13,15,17-18,23,25,32H,6-11,14,16H2,1H3/t17-,18+,25-/m1/s1. The minimum atomic E-state index is -2.43. The molecule has 1 aromatic carbocycles. The van der Waals surface area contributed by atoms with E-state index >= 15 is 0 Å². The molecule has 3 atom stereocenters. The lowest BCUT2D eigenvalue weighted by Crippen LogP contribution is -2.45. The summed E-state index contributed by atoms with van der Waals surface area (Å²) < 4.78 is 33.3. The second-order valence-corrected chi connectivity index (χ2v) is 10.5. The Morgan fingerprint density at radius 1 is 1.22 bits per heavy atom. The number of piperidine rings is 1. The maximum Gasteiger partial charge on any atom is 0.251 e. The van der Waals surface area contributed by atoms with E-state index in [9.17, 15) is 13.6 Å². The van der Waals surface area contributed by atoms with Crippen LogP contribution in [0, 0.1) is 5.92 Å². The Bertz CT molecular complexity index is 1240. The molecular weight excluding hydrogens is 464 g/mol. The van der Waals surface area contributed by atoms with Gasteiger partial charge in [0, 0.05) is 59.6 Å². The van der Waals surface area contributed by atoms with Gasteiger partial charge in [-0.1, -0.05) is 18.2 Å². The zero-order chi connectivity index (χ0) is 24.9. The third-order valence-corrected chi connectivity index (χ3v) is 8.23. The van der Waals surface area contributed by atoms with Crippen LogP contribution >= 0.6 is 0 Å². The van der Waals surface area contributed by atoms with Crippen molar-refractivity contribution in [2.45, 2.75) is 56.7 Å². The lowest BCUT2D eigenvalue weighted by atomic mass is 9.86. The van der Waals surface area contributed by atoms with Gasteiger partial charge in [-0.3, -0.25) is 4.90 Å². The van der Waals surface area contributed by atoms with E-state index in [1.54, 1.807) is 12.4 Å². The van der Waals surface area contributed by atoms with Crippen LogP contribution < -0.4 is 4.90 Å². The number of aldehydes is 1. The number of carbonyl (C=O) groups is 1. The van der Waals surface area contributed by atoms with Crippen LogP contribution in [0.25, 0.3) is 10.9 Å². The van der Waals surface area contributed by atoms with Crippen molar-refractivity contribution in [3.63, 3.8) is 0 Å². The molecule has 0 radical (unpaired) electrons. The number of para-hydroxylation sites is 1. The Balaban J connectivity index is 1.27. The van der Waals surface area contributed by atoms with Crippen molar-refractivity contribution in [1.29, 1.82) is 0 Å². The number of anilines is 1. The van der Waals surface area contributed by atoms with E-state index in [1.807, 2.05) is 30.0 Å². The first-order valence-corrected chi connectivity index (χ1v) is 12.8. The van der Waals surface area contributed by atoms with E-state index in [0.29, 0.717) is 19.0 Å². The summed E-state index contributed by atoms with van der Waals surface area (Å²) in [6.07, 6.45) is 5.33. The molecular formula is C27H31F2N5O2. The van der Waals surface area contributed by atoms with E-state index in [0.717, 1.165) is 60.8 Å². The largest absolute Gasteiger partial charge is 0.374 e. The maximum atomic E-state index is 13.6. The van der Waals surface area contributed by atoms with Gasteiger partial charge in [0.15, 0.2) is 0 Å². The van der Waals surface area contributed by atoms with E-state index < -0.39 is 6.43 Å². The van der Waals surface area contributed by atoms with Crippen LogP contribution in [0.1, 0.15) is 49.0 Å². The van der Waals surface area contributed by atoms with Crippen LogP contribution in [0.2, 0.25) is 0 Å². The van der Waals surface area contributed by atoms with Gasteiger partial charge in [-0.25, -0.2) is 18.7 Å². The van der Waals surface area contributed by atoms with E-state index in [2.05, 4.69) is 25.9 Å². The highest BCUT2D eigenvalue weighted by Gasteiger charge is 2.43. The number of nitrogens with zero attached hydrogens (tertiary/aromatic N) is 4. The third-order valence-electron chi connectivity index (χ3n) is 8.23. The number of benzene rings is 1. The summed E-state index contributed by atoms with van der Waals surface area (Å²) >= 11 is 0. The molecule has 2 fully saturated rings. The topological polar surface area (TPSA) is 74.3 Å². The van der Waals surface area contributed by atoms with Crippen molar-refractivity contribution in [2.24, 2.45) is 5.92 Å². The highest BCUT2D eigenvalue weighted by atomic mass is 19.3. The predicted octanol–water partition coefficient (Wildman–Crippen LogP) is 4.13.